The molecule has 0 aromatic carbocycles. The van der Waals surface area contributed by atoms with Gasteiger partial charge in [-0.2, -0.15) is 0 Å². The first-order valence-corrected chi connectivity index (χ1v) is 3.60. The Morgan fingerprint density at radius 1 is 1.55 bits per heavy atom. The first-order chi connectivity index (χ1) is 5.24. The van der Waals surface area contributed by atoms with Crippen molar-refractivity contribution in [2.75, 3.05) is 13.7 Å². The number of ether oxygens (including phenoxy) is 1. The smallest absolute Gasteiger partial charge is 0.396 e. The van der Waals surface area contributed by atoms with E-state index in [-0.39, 0.29) is 0 Å². The molecule has 4 heteroatoms. The van der Waals surface area contributed by atoms with E-state index in [9.17, 15) is 9.59 Å². The van der Waals surface area contributed by atoms with Crippen molar-refractivity contribution in [3.63, 3.8) is 0 Å². The van der Waals surface area contributed by atoms with Gasteiger partial charge in [0.15, 0.2) is 0 Å². The highest BCUT2D eigenvalue weighted by Gasteiger charge is 2.23. The van der Waals surface area contributed by atoms with Gasteiger partial charge in [0.2, 0.25) is 0 Å². The van der Waals surface area contributed by atoms with E-state index >= 15 is 0 Å². The summed E-state index contributed by atoms with van der Waals surface area (Å²) in [5.41, 5.74) is 0. The maximum absolute atomic E-state index is 10.7. The van der Waals surface area contributed by atoms with E-state index in [1.165, 1.54) is 7.11 Å². The Balaban J connectivity index is 2.13. The molecule has 0 heterocycles. The van der Waals surface area contributed by atoms with Gasteiger partial charge in [0, 0.05) is 6.54 Å². The van der Waals surface area contributed by atoms with Gasteiger partial charge in [-0.1, -0.05) is 0 Å². The van der Waals surface area contributed by atoms with Crippen LogP contribution in [0.5, 0.6) is 0 Å². The third-order valence-corrected chi connectivity index (χ3v) is 1.62. The van der Waals surface area contributed by atoms with Crippen LogP contribution in [0.1, 0.15) is 12.8 Å². The fourth-order valence-electron chi connectivity index (χ4n) is 0.724. The minimum absolute atomic E-state index is 0.587. The maximum atomic E-state index is 10.7. The van der Waals surface area contributed by atoms with Gasteiger partial charge in [0.25, 0.3) is 0 Å². The Bertz CT molecular complexity index is 175. The summed E-state index contributed by atoms with van der Waals surface area (Å²) < 4.78 is 4.21. The lowest BCUT2D eigenvalue weighted by molar-refractivity contribution is -0.152. The van der Waals surface area contributed by atoms with Gasteiger partial charge in [0.05, 0.1) is 7.11 Å². The second-order valence-electron chi connectivity index (χ2n) is 2.64. The van der Waals surface area contributed by atoms with Crippen LogP contribution in [-0.2, 0) is 14.3 Å². The molecule has 0 aliphatic heterocycles. The fourth-order valence-corrected chi connectivity index (χ4v) is 0.724. The normalized spacial score (nSPS) is 15.7. The Morgan fingerprint density at radius 3 is 2.64 bits per heavy atom. The van der Waals surface area contributed by atoms with Crippen molar-refractivity contribution in [3.8, 4) is 0 Å². The van der Waals surface area contributed by atoms with Gasteiger partial charge >= 0.3 is 11.9 Å². The molecule has 1 saturated carbocycles. The number of amides is 1. The van der Waals surface area contributed by atoms with E-state index < -0.39 is 11.9 Å². The van der Waals surface area contributed by atoms with Crippen molar-refractivity contribution in [2.45, 2.75) is 12.8 Å². The number of methoxy groups -OCH3 is 1. The Morgan fingerprint density at radius 2 is 2.18 bits per heavy atom. The highest BCUT2D eigenvalue weighted by Crippen LogP contribution is 2.27. The second kappa shape index (κ2) is 3.37. The molecule has 1 fully saturated rings. The Labute approximate surface area is 64.9 Å². The van der Waals surface area contributed by atoms with Crippen molar-refractivity contribution >= 4 is 11.9 Å². The summed E-state index contributed by atoms with van der Waals surface area (Å²) in [6.07, 6.45) is 2.31. The molecular weight excluding hydrogens is 146 g/mol. The van der Waals surface area contributed by atoms with Crippen molar-refractivity contribution in [1.29, 1.82) is 0 Å². The zero-order valence-corrected chi connectivity index (χ0v) is 6.42. The van der Waals surface area contributed by atoms with Crippen LogP contribution in [0.15, 0.2) is 0 Å². The molecular formula is C7H11NO3. The molecule has 0 unspecified atom stereocenters. The zero-order valence-electron chi connectivity index (χ0n) is 6.42. The van der Waals surface area contributed by atoms with Gasteiger partial charge in [-0.25, -0.2) is 4.79 Å². The summed E-state index contributed by atoms with van der Waals surface area (Å²) in [7, 11) is 1.19. The summed E-state index contributed by atoms with van der Waals surface area (Å²) in [5.74, 6) is -0.867. The summed E-state index contributed by atoms with van der Waals surface area (Å²) in [6, 6.07) is 0. The molecule has 62 valence electrons. The number of hydrogen-bond donors (Lipinski definition) is 1. The number of hydrogen-bond acceptors (Lipinski definition) is 3. The molecule has 11 heavy (non-hydrogen) atoms. The molecule has 1 N–H and O–H groups in total. The van der Waals surface area contributed by atoms with Crippen LogP contribution in [0.2, 0.25) is 0 Å². The fraction of sp³-hybridized carbons (Fsp3) is 0.714. The molecule has 0 aromatic heterocycles. The van der Waals surface area contributed by atoms with E-state index in [0.29, 0.717) is 12.5 Å². The molecule has 0 bridgehead atoms. The van der Waals surface area contributed by atoms with Crippen LogP contribution in [0, 0.1) is 5.92 Å². The third kappa shape index (κ3) is 2.57. The van der Waals surface area contributed by atoms with Crippen molar-refractivity contribution in [1.82, 2.24) is 5.32 Å². The minimum atomic E-state index is -0.814. The lowest BCUT2D eigenvalue weighted by Gasteiger charge is -2.00. The van der Waals surface area contributed by atoms with Gasteiger partial charge in [0.1, 0.15) is 0 Å². The predicted molar refractivity (Wildman–Crippen MR) is 37.7 cm³/mol. The lowest BCUT2D eigenvalue weighted by atomic mass is 10.4. The van der Waals surface area contributed by atoms with Crippen LogP contribution in [0.25, 0.3) is 0 Å². The van der Waals surface area contributed by atoms with E-state index in [1.807, 2.05) is 0 Å². The first kappa shape index (κ1) is 8.04. The number of esters is 1. The monoisotopic (exact) mass is 157 g/mol. The van der Waals surface area contributed by atoms with Gasteiger partial charge in [-0.15, -0.1) is 0 Å². The molecule has 0 atom stereocenters. The van der Waals surface area contributed by atoms with Crippen LogP contribution < -0.4 is 5.32 Å². The van der Waals surface area contributed by atoms with Crippen LogP contribution in [0.4, 0.5) is 0 Å². The number of carbonyl (C=O) groups is 2. The number of rotatable bonds is 2. The molecule has 1 aliphatic rings. The van der Waals surface area contributed by atoms with Gasteiger partial charge < -0.3 is 10.1 Å². The maximum Gasteiger partial charge on any atom is 0.396 e. The topological polar surface area (TPSA) is 55.4 Å². The molecule has 0 spiro atoms. The molecule has 0 radical (unpaired) electrons. The Hall–Kier alpha value is -1.06. The van der Waals surface area contributed by atoms with Gasteiger partial charge in [-0.3, -0.25) is 4.79 Å². The summed E-state index contributed by atoms with van der Waals surface area (Å²) in [4.78, 5) is 21.2. The third-order valence-electron chi connectivity index (χ3n) is 1.62. The summed E-state index contributed by atoms with van der Waals surface area (Å²) >= 11 is 0. The molecule has 0 saturated heterocycles. The minimum Gasteiger partial charge on any atom is -0.462 e. The highest BCUT2D eigenvalue weighted by molar-refractivity contribution is 6.32. The second-order valence-corrected chi connectivity index (χ2v) is 2.64. The first-order valence-electron chi connectivity index (χ1n) is 3.60. The van der Waals surface area contributed by atoms with Crippen LogP contribution in [0.3, 0.4) is 0 Å². The summed E-state index contributed by atoms with van der Waals surface area (Å²) in [5, 5.41) is 2.48. The molecule has 4 nitrogen and oxygen atoms in total. The quantitative estimate of drug-likeness (QED) is 0.441. The molecule has 1 rings (SSSR count). The number of carbonyl (C=O) groups excluding carboxylic acids is 2. The SMILES string of the molecule is COC(=O)C(=O)NCC1CC1. The van der Waals surface area contributed by atoms with Crippen molar-refractivity contribution in [3.05, 3.63) is 0 Å². The zero-order chi connectivity index (χ0) is 8.27. The molecule has 0 aromatic rings. The average Bonchev–Trinajstić information content (AvgIpc) is 2.81. The van der Waals surface area contributed by atoms with Crippen LogP contribution >= 0.6 is 0 Å². The van der Waals surface area contributed by atoms with E-state index in [4.69, 9.17) is 0 Å². The highest BCUT2D eigenvalue weighted by atomic mass is 16.5. The van der Waals surface area contributed by atoms with Crippen LogP contribution in [-0.4, -0.2) is 25.5 Å². The van der Waals surface area contributed by atoms with Crippen molar-refractivity contribution < 1.29 is 14.3 Å². The summed E-state index contributed by atoms with van der Waals surface area (Å²) in [6.45, 7) is 0.605. The largest absolute Gasteiger partial charge is 0.462 e. The van der Waals surface area contributed by atoms with E-state index in [0.717, 1.165) is 12.8 Å². The Kier molecular flexibility index (Phi) is 2.46. The molecule has 1 aliphatic carbocycles. The van der Waals surface area contributed by atoms with E-state index in [1.54, 1.807) is 0 Å². The number of nitrogens with one attached hydrogen (secondary N) is 1. The standard InChI is InChI=1S/C7H11NO3/c1-11-7(10)6(9)8-4-5-2-3-5/h5H,2-4H2,1H3,(H,8,9). The molecule has 1 amide bonds. The average molecular weight is 157 g/mol. The van der Waals surface area contributed by atoms with Crippen molar-refractivity contribution in [2.24, 2.45) is 5.92 Å². The van der Waals surface area contributed by atoms with E-state index in [2.05, 4.69) is 10.1 Å². The lowest BCUT2D eigenvalue weighted by Crippen LogP contribution is -2.33. The van der Waals surface area contributed by atoms with Gasteiger partial charge in [-0.05, 0) is 18.8 Å². The predicted octanol–water partition coefficient (Wildman–Crippen LogP) is -0.314.